The van der Waals surface area contributed by atoms with E-state index in [-0.39, 0.29) is 0 Å². The zero-order chi connectivity index (χ0) is 17.7. The van der Waals surface area contributed by atoms with Gasteiger partial charge in [-0.3, -0.25) is 0 Å². The Bertz CT molecular complexity index is 424. The summed E-state index contributed by atoms with van der Waals surface area (Å²) in [6.45, 7) is 11.8. The van der Waals surface area contributed by atoms with Crippen LogP contribution in [0.2, 0.25) is 0 Å². The Morgan fingerprint density at radius 2 is 1.17 bits per heavy atom. The Morgan fingerprint density at radius 1 is 0.792 bits per heavy atom. The Labute approximate surface area is 146 Å². The molecule has 0 spiro atoms. The van der Waals surface area contributed by atoms with Gasteiger partial charge >= 0.3 is 0 Å². The standard InChI is InChI=1S/C18H34N4O2/c1-13-11-21(5)15(3)9-17(13)19-23-7-8-24-20-18-10-16(4)22(6)12-14(18)2/h13-16H,7-12H2,1-6H3/b19-17+,20-18+. The summed E-state index contributed by atoms with van der Waals surface area (Å²) in [6, 6.07) is 1.05. The van der Waals surface area contributed by atoms with Crippen molar-refractivity contribution in [3.05, 3.63) is 0 Å². The molecule has 2 aliphatic rings. The second-order valence-electron chi connectivity index (χ2n) is 7.62. The number of hydrogen-bond acceptors (Lipinski definition) is 6. The summed E-state index contributed by atoms with van der Waals surface area (Å²) in [7, 11) is 4.33. The summed E-state index contributed by atoms with van der Waals surface area (Å²) in [5.41, 5.74) is 2.31. The van der Waals surface area contributed by atoms with E-state index in [9.17, 15) is 0 Å². The van der Waals surface area contributed by atoms with E-state index in [0.717, 1.165) is 37.4 Å². The molecule has 2 heterocycles. The van der Waals surface area contributed by atoms with Crippen molar-refractivity contribution in [1.82, 2.24) is 9.80 Å². The molecule has 0 saturated carbocycles. The molecule has 0 bridgehead atoms. The highest BCUT2D eigenvalue weighted by molar-refractivity contribution is 5.87. The second-order valence-corrected chi connectivity index (χ2v) is 7.62. The molecule has 0 amide bonds. The van der Waals surface area contributed by atoms with Gasteiger partial charge in [0.15, 0.2) is 13.2 Å². The van der Waals surface area contributed by atoms with Gasteiger partial charge in [-0.15, -0.1) is 0 Å². The number of piperidine rings is 2. The predicted octanol–water partition coefficient (Wildman–Crippen LogP) is 2.45. The lowest BCUT2D eigenvalue weighted by Crippen LogP contribution is -2.43. The maximum atomic E-state index is 5.45. The monoisotopic (exact) mass is 338 g/mol. The summed E-state index contributed by atoms with van der Waals surface area (Å²) in [4.78, 5) is 15.6. The van der Waals surface area contributed by atoms with Crippen LogP contribution >= 0.6 is 0 Å². The van der Waals surface area contributed by atoms with Crippen LogP contribution in [-0.2, 0) is 9.68 Å². The van der Waals surface area contributed by atoms with Crippen LogP contribution in [0.25, 0.3) is 0 Å². The third-order valence-corrected chi connectivity index (χ3v) is 5.40. The molecule has 2 rings (SSSR count). The van der Waals surface area contributed by atoms with Crippen molar-refractivity contribution in [3.63, 3.8) is 0 Å². The van der Waals surface area contributed by atoms with Crippen LogP contribution in [0.4, 0.5) is 0 Å². The minimum atomic E-state index is 0.445. The topological polar surface area (TPSA) is 49.7 Å². The summed E-state index contributed by atoms with van der Waals surface area (Å²) in [6.07, 6.45) is 1.95. The molecular formula is C18H34N4O2. The molecule has 2 aliphatic heterocycles. The fraction of sp³-hybridized carbons (Fsp3) is 0.889. The first-order valence-corrected chi connectivity index (χ1v) is 9.16. The van der Waals surface area contributed by atoms with Gasteiger partial charge in [0.25, 0.3) is 0 Å². The molecule has 0 radical (unpaired) electrons. The van der Waals surface area contributed by atoms with Crippen molar-refractivity contribution in [3.8, 4) is 0 Å². The molecule has 0 aromatic heterocycles. The van der Waals surface area contributed by atoms with Crippen LogP contribution in [-0.4, -0.2) is 73.7 Å². The minimum absolute atomic E-state index is 0.445. The van der Waals surface area contributed by atoms with Gasteiger partial charge in [0, 0.05) is 49.9 Å². The summed E-state index contributed by atoms with van der Waals surface area (Å²) in [5.74, 6) is 0.905. The summed E-state index contributed by atoms with van der Waals surface area (Å²) >= 11 is 0. The molecule has 0 aromatic carbocycles. The maximum Gasteiger partial charge on any atom is 0.153 e. The lowest BCUT2D eigenvalue weighted by molar-refractivity contribution is 0.0502. The van der Waals surface area contributed by atoms with E-state index in [1.165, 1.54) is 0 Å². The molecule has 2 fully saturated rings. The SMILES string of the molecule is CC1CN(C)C(C)C/C1=N\OCCO/N=C1\CC(C)N(C)CC1C. The van der Waals surface area contributed by atoms with Crippen molar-refractivity contribution in [2.24, 2.45) is 22.1 Å². The van der Waals surface area contributed by atoms with Crippen LogP contribution in [0.15, 0.2) is 10.3 Å². The average Bonchev–Trinajstić information content (AvgIpc) is 2.52. The first kappa shape index (κ1) is 19.2. The third kappa shape index (κ3) is 5.18. The highest BCUT2D eigenvalue weighted by atomic mass is 16.7. The molecule has 6 heteroatoms. The van der Waals surface area contributed by atoms with Gasteiger partial charge in [0.05, 0.1) is 11.4 Å². The number of likely N-dealkylation sites (tertiary alicyclic amines) is 2. The van der Waals surface area contributed by atoms with Crippen LogP contribution in [0.5, 0.6) is 0 Å². The highest BCUT2D eigenvalue weighted by Crippen LogP contribution is 2.19. The number of hydrogen-bond donors (Lipinski definition) is 0. The van der Waals surface area contributed by atoms with E-state index < -0.39 is 0 Å². The van der Waals surface area contributed by atoms with E-state index in [0.29, 0.717) is 37.1 Å². The van der Waals surface area contributed by atoms with Crippen molar-refractivity contribution < 1.29 is 9.68 Å². The van der Waals surface area contributed by atoms with Gasteiger partial charge < -0.3 is 19.5 Å². The fourth-order valence-corrected chi connectivity index (χ4v) is 3.34. The Morgan fingerprint density at radius 3 is 1.54 bits per heavy atom. The van der Waals surface area contributed by atoms with E-state index in [4.69, 9.17) is 9.68 Å². The average molecular weight is 338 g/mol. The van der Waals surface area contributed by atoms with Crippen molar-refractivity contribution >= 4 is 11.4 Å². The lowest BCUT2D eigenvalue weighted by Gasteiger charge is -2.34. The zero-order valence-electron chi connectivity index (χ0n) is 16.2. The predicted molar refractivity (Wildman–Crippen MR) is 98.5 cm³/mol. The number of nitrogens with zero attached hydrogens (tertiary/aromatic N) is 4. The molecule has 0 aliphatic carbocycles. The van der Waals surface area contributed by atoms with Crippen LogP contribution in [0, 0.1) is 11.8 Å². The minimum Gasteiger partial charge on any atom is -0.392 e. The van der Waals surface area contributed by atoms with E-state index in [1.54, 1.807) is 0 Å². The van der Waals surface area contributed by atoms with Crippen LogP contribution < -0.4 is 0 Å². The van der Waals surface area contributed by atoms with Crippen LogP contribution in [0.1, 0.15) is 40.5 Å². The Hall–Kier alpha value is -1.14. The van der Waals surface area contributed by atoms with Gasteiger partial charge in [-0.1, -0.05) is 24.2 Å². The molecule has 138 valence electrons. The van der Waals surface area contributed by atoms with Crippen LogP contribution in [0.3, 0.4) is 0 Å². The van der Waals surface area contributed by atoms with E-state index in [2.05, 4.69) is 61.9 Å². The first-order chi connectivity index (χ1) is 11.4. The van der Waals surface area contributed by atoms with Gasteiger partial charge in [-0.05, 0) is 27.9 Å². The highest BCUT2D eigenvalue weighted by Gasteiger charge is 2.26. The maximum absolute atomic E-state index is 5.45. The summed E-state index contributed by atoms with van der Waals surface area (Å²) < 4.78 is 0. The Balaban J connectivity index is 1.69. The zero-order valence-corrected chi connectivity index (χ0v) is 16.2. The van der Waals surface area contributed by atoms with Crippen molar-refractivity contribution in [2.45, 2.75) is 52.6 Å². The smallest absolute Gasteiger partial charge is 0.153 e. The largest absolute Gasteiger partial charge is 0.392 e. The summed E-state index contributed by atoms with van der Waals surface area (Å²) in [5, 5.41) is 8.65. The second kappa shape index (κ2) is 8.81. The van der Waals surface area contributed by atoms with Crippen molar-refractivity contribution in [1.29, 1.82) is 0 Å². The van der Waals surface area contributed by atoms with Crippen molar-refractivity contribution in [2.75, 3.05) is 40.4 Å². The number of rotatable bonds is 5. The van der Waals surface area contributed by atoms with Gasteiger partial charge in [0.1, 0.15) is 0 Å². The molecule has 4 atom stereocenters. The van der Waals surface area contributed by atoms with Gasteiger partial charge in [0.2, 0.25) is 0 Å². The van der Waals surface area contributed by atoms with E-state index >= 15 is 0 Å². The fourth-order valence-electron chi connectivity index (χ4n) is 3.34. The quantitative estimate of drug-likeness (QED) is 0.571. The normalized spacial score (nSPS) is 36.2. The van der Waals surface area contributed by atoms with Gasteiger partial charge in [-0.25, -0.2) is 0 Å². The lowest BCUT2D eigenvalue weighted by atomic mass is 9.93. The molecule has 0 aromatic rings. The first-order valence-electron chi connectivity index (χ1n) is 9.16. The van der Waals surface area contributed by atoms with Gasteiger partial charge in [-0.2, -0.15) is 0 Å². The molecular weight excluding hydrogens is 304 g/mol. The Kier molecular flexibility index (Phi) is 7.04. The molecule has 6 nitrogen and oxygen atoms in total. The molecule has 2 saturated heterocycles. The number of oxime groups is 2. The van der Waals surface area contributed by atoms with E-state index in [1.807, 2.05) is 0 Å². The molecule has 0 N–H and O–H groups in total. The molecule has 24 heavy (non-hydrogen) atoms. The molecule has 4 unspecified atom stereocenters. The third-order valence-electron chi connectivity index (χ3n) is 5.40.